The Labute approximate surface area is 243 Å². The van der Waals surface area contributed by atoms with Crippen molar-refractivity contribution < 1.29 is 14.3 Å². The Morgan fingerprint density at radius 1 is 1.14 bits per heavy atom. The van der Waals surface area contributed by atoms with Crippen molar-refractivity contribution in [3.63, 3.8) is 0 Å². The zero-order valence-corrected chi connectivity index (χ0v) is 23.9. The van der Waals surface area contributed by atoms with Gasteiger partial charge in [0, 0.05) is 19.7 Å². The average molecular weight is 568 g/mol. The van der Waals surface area contributed by atoms with Crippen LogP contribution in [0.4, 0.5) is 5.82 Å². The van der Waals surface area contributed by atoms with Gasteiger partial charge in [0.2, 0.25) is 0 Å². The second kappa shape index (κ2) is 11.9. The van der Waals surface area contributed by atoms with E-state index < -0.39 is 11.5 Å². The number of carbonyl (C=O) groups is 1. The van der Waals surface area contributed by atoms with Crippen LogP contribution in [0.2, 0.25) is 0 Å². The van der Waals surface area contributed by atoms with Crippen molar-refractivity contribution in [2.45, 2.75) is 45.3 Å². The summed E-state index contributed by atoms with van der Waals surface area (Å²) in [5, 5.41) is 9.77. The van der Waals surface area contributed by atoms with Crippen LogP contribution in [0.3, 0.4) is 0 Å². The predicted molar refractivity (Wildman–Crippen MR) is 158 cm³/mol. The molecule has 0 unspecified atom stereocenters. The molecule has 0 bridgehead atoms. The lowest BCUT2D eigenvalue weighted by Crippen LogP contribution is -2.43. The van der Waals surface area contributed by atoms with Crippen molar-refractivity contribution >= 4 is 22.9 Å². The van der Waals surface area contributed by atoms with Crippen LogP contribution in [0.25, 0.3) is 16.9 Å². The van der Waals surface area contributed by atoms with Gasteiger partial charge in [0.15, 0.2) is 11.5 Å². The van der Waals surface area contributed by atoms with Gasteiger partial charge in [-0.2, -0.15) is 5.26 Å². The number of ether oxygens (including phenoxy) is 2. The fraction of sp³-hybridized carbons (Fsp3) is 0.323. The maximum absolute atomic E-state index is 14.0. The molecule has 1 aliphatic heterocycles. The minimum atomic E-state index is -0.773. The number of hydrogen-bond acceptors (Lipinski definition) is 8. The molecule has 1 fully saturated rings. The number of rotatable bonds is 8. The van der Waals surface area contributed by atoms with Gasteiger partial charge < -0.3 is 20.1 Å². The minimum Gasteiger partial charge on any atom is -0.457 e. The number of anilines is 1. The Bertz CT molecular complexity index is 1720. The van der Waals surface area contributed by atoms with Crippen molar-refractivity contribution in [2.24, 2.45) is 0 Å². The van der Waals surface area contributed by atoms with Gasteiger partial charge in [-0.05, 0) is 76.1 Å². The number of aromatic nitrogens is 4. The lowest BCUT2D eigenvalue weighted by molar-refractivity contribution is -0.128. The number of para-hydroxylation sites is 1. The molecular formula is C31H33N7O4. The van der Waals surface area contributed by atoms with Gasteiger partial charge in [-0.3, -0.25) is 13.9 Å². The Balaban J connectivity index is 1.48. The monoisotopic (exact) mass is 567 g/mol. The number of nitriles is 1. The Kier molecular flexibility index (Phi) is 8.08. The van der Waals surface area contributed by atoms with Crippen LogP contribution in [0, 0.1) is 11.3 Å². The zero-order chi connectivity index (χ0) is 29.9. The van der Waals surface area contributed by atoms with Crippen LogP contribution in [-0.4, -0.2) is 55.2 Å². The van der Waals surface area contributed by atoms with Crippen LogP contribution in [0.15, 0.2) is 77.4 Å². The average Bonchev–Trinajstić information content (AvgIpc) is 3.29. The van der Waals surface area contributed by atoms with Crippen molar-refractivity contribution in [1.82, 2.24) is 24.0 Å². The molecule has 1 atom stereocenters. The first kappa shape index (κ1) is 28.6. The molecule has 2 N–H and O–H groups in total. The molecule has 1 saturated heterocycles. The van der Waals surface area contributed by atoms with Crippen LogP contribution in [-0.2, 0) is 9.53 Å². The topological polar surface area (TPSA) is 141 Å². The summed E-state index contributed by atoms with van der Waals surface area (Å²) in [7, 11) is 0. The number of amides is 1. The number of imidazole rings is 1. The van der Waals surface area contributed by atoms with E-state index in [9.17, 15) is 14.9 Å². The van der Waals surface area contributed by atoms with E-state index in [-0.39, 0.29) is 29.7 Å². The molecular weight excluding hydrogens is 534 g/mol. The first-order valence-electron chi connectivity index (χ1n) is 13.9. The van der Waals surface area contributed by atoms with E-state index in [1.54, 1.807) is 53.7 Å². The molecule has 4 aromatic rings. The first-order chi connectivity index (χ1) is 20.2. The van der Waals surface area contributed by atoms with E-state index in [1.807, 2.05) is 43.3 Å². The number of piperidine rings is 1. The molecule has 3 heterocycles. The molecule has 1 aliphatic rings. The quantitative estimate of drug-likeness (QED) is 0.244. The number of benzene rings is 2. The second-order valence-electron chi connectivity index (χ2n) is 10.6. The summed E-state index contributed by atoms with van der Waals surface area (Å²) in [5.74, 6) is 1.08. The van der Waals surface area contributed by atoms with Crippen molar-refractivity contribution in [1.29, 1.82) is 5.26 Å². The lowest BCUT2D eigenvalue weighted by atomic mass is 10.0. The molecule has 1 amide bonds. The Morgan fingerprint density at radius 3 is 2.55 bits per heavy atom. The third-order valence-electron chi connectivity index (χ3n) is 7.16. The Hall–Kier alpha value is -4.95. The Morgan fingerprint density at radius 2 is 1.86 bits per heavy atom. The van der Waals surface area contributed by atoms with Gasteiger partial charge in [0.05, 0.1) is 17.3 Å². The highest BCUT2D eigenvalue weighted by Gasteiger charge is 2.32. The highest BCUT2D eigenvalue weighted by molar-refractivity contribution is 5.97. The van der Waals surface area contributed by atoms with Gasteiger partial charge >= 0.3 is 5.69 Å². The van der Waals surface area contributed by atoms with Gasteiger partial charge in [0.1, 0.15) is 35.0 Å². The number of fused-ring (bicyclic) bond motifs is 1. The van der Waals surface area contributed by atoms with E-state index in [0.29, 0.717) is 54.3 Å². The molecule has 0 saturated carbocycles. The summed E-state index contributed by atoms with van der Waals surface area (Å²) >= 11 is 0. The summed E-state index contributed by atoms with van der Waals surface area (Å²) in [6.45, 7) is 6.62. The summed E-state index contributed by atoms with van der Waals surface area (Å²) in [6.07, 6.45) is 4.17. The van der Waals surface area contributed by atoms with Crippen molar-refractivity contribution in [3.05, 3.63) is 83.1 Å². The zero-order valence-electron chi connectivity index (χ0n) is 23.9. The van der Waals surface area contributed by atoms with Crippen LogP contribution in [0.1, 0.15) is 39.7 Å². The van der Waals surface area contributed by atoms with Gasteiger partial charge in [-0.15, -0.1) is 0 Å². The number of hydrogen-bond donors (Lipinski definition) is 1. The fourth-order valence-corrected chi connectivity index (χ4v) is 5.35. The second-order valence-corrected chi connectivity index (χ2v) is 10.6. The maximum atomic E-state index is 14.0. The molecule has 2 aromatic carbocycles. The van der Waals surface area contributed by atoms with Crippen molar-refractivity contribution in [3.8, 4) is 23.3 Å². The van der Waals surface area contributed by atoms with Crippen LogP contribution in [0.5, 0.6) is 11.5 Å². The number of carbonyl (C=O) groups excluding carboxylic acids is 1. The standard InChI is InChI=1S/C31H33N7O4/c1-4-41-31(2,3)17-21(18-32)29(39)36-16-8-9-23(19-36)38-28-26(27(33)34-20-35-28)37(30(38)40)22-12-14-25(15-13-22)42-24-10-6-5-7-11-24/h5-7,10-15,17,20,23H,4,8-9,16,19H2,1-3H3,(H2,33,34,35)/t23-/m0/s1. The van der Waals surface area contributed by atoms with Gasteiger partial charge in [0.25, 0.3) is 5.91 Å². The molecule has 0 aliphatic carbocycles. The van der Waals surface area contributed by atoms with E-state index in [2.05, 4.69) is 9.97 Å². The van der Waals surface area contributed by atoms with E-state index >= 15 is 0 Å². The SMILES string of the molecule is CCOC(C)(C)C=C(C#N)C(=O)N1CCC[C@H](n2c(=O)n(-c3ccc(Oc4ccccc4)cc3)c3c(N)ncnc32)C1. The summed E-state index contributed by atoms with van der Waals surface area (Å²) in [5.41, 5.74) is 6.51. The first-order valence-corrected chi connectivity index (χ1v) is 13.9. The van der Waals surface area contributed by atoms with E-state index in [0.717, 1.165) is 0 Å². The largest absolute Gasteiger partial charge is 0.457 e. The maximum Gasteiger partial charge on any atom is 0.335 e. The number of nitrogens with two attached hydrogens (primary N) is 1. The van der Waals surface area contributed by atoms with Crippen LogP contribution >= 0.6 is 0 Å². The number of likely N-dealkylation sites (tertiary alicyclic amines) is 1. The third-order valence-corrected chi connectivity index (χ3v) is 7.16. The molecule has 11 heteroatoms. The van der Waals surface area contributed by atoms with Gasteiger partial charge in [-0.1, -0.05) is 18.2 Å². The van der Waals surface area contributed by atoms with E-state index in [1.165, 1.54) is 10.9 Å². The predicted octanol–water partition coefficient (Wildman–Crippen LogP) is 4.39. The molecule has 216 valence electrons. The third kappa shape index (κ3) is 5.75. The smallest absolute Gasteiger partial charge is 0.335 e. The fourth-order valence-electron chi connectivity index (χ4n) is 5.35. The van der Waals surface area contributed by atoms with Gasteiger partial charge in [-0.25, -0.2) is 14.8 Å². The van der Waals surface area contributed by atoms with E-state index in [4.69, 9.17) is 15.2 Å². The minimum absolute atomic E-state index is 0.00764. The highest BCUT2D eigenvalue weighted by Crippen LogP contribution is 2.29. The molecule has 0 spiro atoms. The lowest BCUT2D eigenvalue weighted by Gasteiger charge is -2.33. The molecule has 0 radical (unpaired) electrons. The molecule has 5 rings (SSSR count). The molecule has 11 nitrogen and oxygen atoms in total. The number of nitrogen functional groups attached to an aromatic ring is 1. The normalized spacial score (nSPS) is 15.9. The van der Waals surface area contributed by atoms with Crippen molar-refractivity contribution in [2.75, 3.05) is 25.4 Å². The number of nitrogens with zero attached hydrogens (tertiary/aromatic N) is 6. The summed E-state index contributed by atoms with van der Waals surface area (Å²) in [6, 6.07) is 18.2. The summed E-state index contributed by atoms with van der Waals surface area (Å²) in [4.78, 5) is 37.6. The molecule has 42 heavy (non-hydrogen) atoms. The van der Waals surface area contributed by atoms with Crippen LogP contribution < -0.4 is 16.2 Å². The highest BCUT2D eigenvalue weighted by atomic mass is 16.5. The summed E-state index contributed by atoms with van der Waals surface area (Å²) < 4.78 is 14.6. The molecule has 2 aromatic heterocycles.